The zero-order valence-corrected chi connectivity index (χ0v) is 9.52. The number of hydrogen-bond donors (Lipinski definition) is 2. The molecule has 1 aromatic heterocycles. The first-order valence-electron chi connectivity index (χ1n) is 5.90. The quantitative estimate of drug-likeness (QED) is 0.850. The monoisotopic (exact) mass is 229 g/mol. The van der Waals surface area contributed by atoms with Gasteiger partial charge in [0.1, 0.15) is 11.5 Å². The van der Waals surface area contributed by atoms with Gasteiger partial charge in [-0.3, -0.25) is 0 Å². The molecule has 3 rings (SSSR count). The number of fused-ring (bicyclic) bond motifs is 1. The van der Waals surface area contributed by atoms with Gasteiger partial charge < -0.3 is 14.8 Å². The first-order valence-corrected chi connectivity index (χ1v) is 5.90. The first-order chi connectivity index (χ1) is 8.33. The summed E-state index contributed by atoms with van der Waals surface area (Å²) in [5, 5.41) is 12.9. The number of furan rings is 1. The molecule has 0 aliphatic heterocycles. The molecule has 0 fully saturated rings. The summed E-state index contributed by atoms with van der Waals surface area (Å²) in [7, 11) is 0. The van der Waals surface area contributed by atoms with Gasteiger partial charge in [0, 0.05) is 6.04 Å². The fourth-order valence-electron chi connectivity index (χ4n) is 2.45. The van der Waals surface area contributed by atoms with Gasteiger partial charge in [-0.25, -0.2) is 0 Å². The highest BCUT2D eigenvalue weighted by atomic mass is 16.3. The second-order valence-corrected chi connectivity index (χ2v) is 4.43. The summed E-state index contributed by atoms with van der Waals surface area (Å²) in [6, 6.07) is 9.88. The molecule has 1 atom stereocenters. The maximum absolute atomic E-state index is 9.43. The van der Waals surface area contributed by atoms with Crippen molar-refractivity contribution >= 4 is 0 Å². The van der Waals surface area contributed by atoms with Crippen LogP contribution in [0.3, 0.4) is 0 Å². The molecule has 88 valence electrons. The SMILES string of the molecule is Oc1ccc2c(c1)CCC2NCc1ccco1. The smallest absolute Gasteiger partial charge is 0.117 e. The van der Waals surface area contributed by atoms with Gasteiger partial charge in [-0.15, -0.1) is 0 Å². The Morgan fingerprint density at radius 2 is 2.29 bits per heavy atom. The Labute approximate surface area is 100 Å². The molecule has 3 nitrogen and oxygen atoms in total. The topological polar surface area (TPSA) is 45.4 Å². The third kappa shape index (κ3) is 2.06. The van der Waals surface area contributed by atoms with E-state index in [2.05, 4.69) is 5.32 Å². The van der Waals surface area contributed by atoms with E-state index in [-0.39, 0.29) is 0 Å². The predicted octanol–water partition coefficient (Wildman–Crippen LogP) is 2.76. The molecule has 17 heavy (non-hydrogen) atoms. The number of phenolic OH excluding ortho intramolecular Hbond substituents is 1. The van der Waals surface area contributed by atoms with E-state index in [0.717, 1.165) is 25.1 Å². The summed E-state index contributed by atoms with van der Waals surface area (Å²) in [6.07, 6.45) is 3.80. The molecule has 1 aliphatic carbocycles. The predicted molar refractivity (Wildman–Crippen MR) is 64.7 cm³/mol. The Balaban J connectivity index is 1.71. The van der Waals surface area contributed by atoms with E-state index in [4.69, 9.17) is 4.42 Å². The van der Waals surface area contributed by atoms with Crippen molar-refractivity contribution in [3.8, 4) is 5.75 Å². The Morgan fingerprint density at radius 1 is 1.35 bits per heavy atom. The molecular weight excluding hydrogens is 214 g/mol. The van der Waals surface area contributed by atoms with E-state index in [1.165, 1.54) is 11.1 Å². The Hall–Kier alpha value is -1.74. The van der Waals surface area contributed by atoms with Crippen LogP contribution in [0, 0.1) is 0 Å². The van der Waals surface area contributed by atoms with Gasteiger partial charge >= 0.3 is 0 Å². The number of nitrogens with one attached hydrogen (secondary N) is 1. The molecular formula is C14H15NO2. The summed E-state index contributed by atoms with van der Waals surface area (Å²) < 4.78 is 5.30. The summed E-state index contributed by atoms with van der Waals surface area (Å²) in [6.45, 7) is 0.748. The van der Waals surface area contributed by atoms with Crippen LogP contribution in [-0.4, -0.2) is 5.11 Å². The second kappa shape index (κ2) is 4.26. The highest BCUT2D eigenvalue weighted by Crippen LogP contribution is 2.33. The Bertz CT molecular complexity index is 505. The highest BCUT2D eigenvalue weighted by molar-refractivity contribution is 5.40. The Kier molecular flexibility index (Phi) is 2.61. The minimum atomic E-state index is 0.357. The molecule has 0 radical (unpaired) electrons. The molecule has 0 spiro atoms. The van der Waals surface area contributed by atoms with Crippen molar-refractivity contribution in [2.45, 2.75) is 25.4 Å². The fraction of sp³-hybridized carbons (Fsp3) is 0.286. The lowest BCUT2D eigenvalue weighted by atomic mass is 10.1. The van der Waals surface area contributed by atoms with Gasteiger partial charge in [-0.05, 0) is 48.2 Å². The number of aryl methyl sites for hydroxylation is 1. The van der Waals surface area contributed by atoms with E-state index in [1.54, 1.807) is 12.3 Å². The molecule has 1 heterocycles. The third-order valence-electron chi connectivity index (χ3n) is 3.31. The molecule has 1 unspecified atom stereocenters. The zero-order chi connectivity index (χ0) is 11.7. The summed E-state index contributed by atoms with van der Waals surface area (Å²) in [5.41, 5.74) is 2.55. The molecule has 1 aliphatic rings. The van der Waals surface area contributed by atoms with Crippen LogP contribution in [0.25, 0.3) is 0 Å². The second-order valence-electron chi connectivity index (χ2n) is 4.43. The standard InChI is InChI=1S/C14H15NO2/c16-11-4-5-13-10(8-11)3-6-14(13)15-9-12-2-1-7-17-12/h1-2,4-5,7-8,14-16H,3,6,9H2. The largest absolute Gasteiger partial charge is 0.508 e. The molecule has 2 aromatic rings. The van der Waals surface area contributed by atoms with Gasteiger partial charge in [-0.1, -0.05) is 6.07 Å². The molecule has 0 saturated carbocycles. The van der Waals surface area contributed by atoms with Crippen molar-refractivity contribution in [3.05, 3.63) is 53.5 Å². The van der Waals surface area contributed by atoms with Crippen LogP contribution in [0.4, 0.5) is 0 Å². The summed E-state index contributed by atoms with van der Waals surface area (Å²) in [5.74, 6) is 1.31. The summed E-state index contributed by atoms with van der Waals surface area (Å²) in [4.78, 5) is 0. The van der Waals surface area contributed by atoms with Crippen molar-refractivity contribution in [1.82, 2.24) is 5.32 Å². The normalized spacial score (nSPS) is 18.2. The third-order valence-corrected chi connectivity index (χ3v) is 3.31. The number of benzene rings is 1. The van der Waals surface area contributed by atoms with E-state index < -0.39 is 0 Å². The average Bonchev–Trinajstić information content (AvgIpc) is 2.94. The van der Waals surface area contributed by atoms with Crippen LogP contribution >= 0.6 is 0 Å². The first kappa shape index (κ1) is 10.4. The lowest BCUT2D eigenvalue weighted by Crippen LogP contribution is -2.18. The van der Waals surface area contributed by atoms with Crippen LogP contribution in [-0.2, 0) is 13.0 Å². The van der Waals surface area contributed by atoms with Gasteiger partial charge in [0.25, 0.3) is 0 Å². The van der Waals surface area contributed by atoms with Gasteiger partial charge in [0.2, 0.25) is 0 Å². The average molecular weight is 229 g/mol. The zero-order valence-electron chi connectivity index (χ0n) is 9.52. The van der Waals surface area contributed by atoms with Crippen molar-refractivity contribution in [1.29, 1.82) is 0 Å². The lowest BCUT2D eigenvalue weighted by molar-refractivity contribution is 0.447. The molecule has 1 aromatic carbocycles. The van der Waals surface area contributed by atoms with E-state index in [0.29, 0.717) is 11.8 Å². The lowest BCUT2D eigenvalue weighted by Gasteiger charge is -2.12. The van der Waals surface area contributed by atoms with Gasteiger partial charge in [-0.2, -0.15) is 0 Å². The maximum Gasteiger partial charge on any atom is 0.117 e. The molecule has 0 bridgehead atoms. The van der Waals surface area contributed by atoms with Crippen molar-refractivity contribution in [3.63, 3.8) is 0 Å². The number of rotatable bonds is 3. The summed E-state index contributed by atoms with van der Waals surface area (Å²) >= 11 is 0. The van der Waals surface area contributed by atoms with E-state index in [9.17, 15) is 5.11 Å². The van der Waals surface area contributed by atoms with E-state index >= 15 is 0 Å². The minimum Gasteiger partial charge on any atom is -0.508 e. The molecule has 2 N–H and O–H groups in total. The van der Waals surface area contributed by atoms with Crippen LogP contribution in [0.2, 0.25) is 0 Å². The molecule has 0 saturated heterocycles. The minimum absolute atomic E-state index is 0.357. The Morgan fingerprint density at radius 3 is 3.12 bits per heavy atom. The van der Waals surface area contributed by atoms with Gasteiger partial charge in [0.05, 0.1) is 12.8 Å². The number of hydrogen-bond acceptors (Lipinski definition) is 3. The van der Waals surface area contributed by atoms with Crippen LogP contribution in [0.15, 0.2) is 41.0 Å². The van der Waals surface area contributed by atoms with Crippen LogP contribution in [0.1, 0.15) is 29.3 Å². The van der Waals surface area contributed by atoms with Crippen molar-refractivity contribution in [2.75, 3.05) is 0 Å². The van der Waals surface area contributed by atoms with E-state index in [1.807, 2.05) is 24.3 Å². The number of phenols is 1. The van der Waals surface area contributed by atoms with Crippen LogP contribution < -0.4 is 5.32 Å². The highest BCUT2D eigenvalue weighted by Gasteiger charge is 2.22. The van der Waals surface area contributed by atoms with Crippen molar-refractivity contribution < 1.29 is 9.52 Å². The molecule has 3 heteroatoms. The number of aromatic hydroxyl groups is 1. The van der Waals surface area contributed by atoms with Crippen molar-refractivity contribution in [2.24, 2.45) is 0 Å². The maximum atomic E-state index is 9.43. The molecule has 0 amide bonds. The van der Waals surface area contributed by atoms with Crippen LogP contribution in [0.5, 0.6) is 5.75 Å². The van der Waals surface area contributed by atoms with Gasteiger partial charge in [0.15, 0.2) is 0 Å². The fourth-order valence-corrected chi connectivity index (χ4v) is 2.45.